The average molecular weight is 348 g/mol. The van der Waals surface area contributed by atoms with Crippen LogP contribution in [-0.4, -0.2) is 41.8 Å². The van der Waals surface area contributed by atoms with Crippen LogP contribution in [0.1, 0.15) is 29.8 Å². The molecular formula is C18H24N2O3S. The lowest BCUT2D eigenvalue weighted by Gasteiger charge is -2.44. The van der Waals surface area contributed by atoms with Crippen molar-refractivity contribution in [3.8, 4) is 0 Å². The zero-order valence-corrected chi connectivity index (χ0v) is 14.7. The van der Waals surface area contributed by atoms with Gasteiger partial charge in [0, 0.05) is 42.7 Å². The third kappa shape index (κ3) is 3.57. The van der Waals surface area contributed by atoms with Gasteiger partial charge in [-0.05, 0) is 18.9 Å². The van der Waals surface area contributed by atoms with Crippen LogP contribution in [0.2, 0.25) is 0 Å². The molecule has 130 valence electrons. The van der Waals surface area contributed by atoms with Crippen molar-refractivity contribution < 1.29 is 13.9 Å². The second kappa shape index (κ2) is 7.35. The molecule has 1 aliphatic heterocycles. The minimum absolute atomic E-state index is 0.0368. The van der Waals surface area contributed by atoms with Gasteiger partial charge in [0.15, 0.2) is 0 Å². The topological polar surface area (TPSA) is 47.7 Å². The van der Waals surface area contributed by atoms with Crippen LogP contribution in [0.4, 0.5) is 0 Å². The minimum Gasteiger partial charge on any atom is -0.472 e. The maximum absolute atomic E-state index is 6.32. The van der Waals surface area contributed by atoms with Gasteiger partial charge in [-0.15, -0.1) is 11.3 Å². The minimum atomic E-state index is -0.0368. The van der Waals surface area contributed by atoms with E-state index in [1.165, 1.54) is 18.4 Å². The molecule has 3 heterocycles. The van der Waals surface area contributed by atoms with E-state index < -0.39 is 0 Å². The fourth-order valence-corrected chi connectivity index (χ4v) is 4.57. The summed E-state index contributed by atoms with van der Waals surface area (Å²) in [6, 6.07) is 2.05. The van der Waals surface area contributed by atoms with Gasteiger partial charge in [0.25, 0.3) is 0 Å². The molecule has 1 saturated carbocycles. The van der Waals surface area contributed by atoms with E-state index in [4.69, 9.17) is 13.9 Å². The first-order valence-electron chi connectivity index (χ1n) is 8.68. The first kappa shape index (κ1) is 16.3. The molecule has 5 nitrogen and oxygen atoms in total. The number of aromatic nitrogens is 1. The van der Waals surface area contributed by atoms with Crippen molar-refractivity contribution in [3.05, 3.63) is 40.7 Å². The second-order valence-electron chi connectivity index (χ2n) is 6.79. The second-order valence-corrected chi connectivity index (χ2v) is 7.76. The lowest BCUT2D eigenvalue weighted by atomic mass is 9.89. The number of thiazole rings is 1. The molecule has 2 fully saturated rings. The average Bonchev–Trinajstić information content (AvgIpc) is 3.32. The fraction of sp³-hybridized carbons (Fsp3) is 0.611. The summed E-state index contributed by atoms with van der Waals surface area (Å²) >= 11 is 1.65. The van der Waals surface area contributed by atoms with Crippen molar-refractivity contribution in [3.63, 3.8) is 0 Å². The Balaban J connectivity index is 1.35. The molecule has 2 aromatic rings. The SMILES string of the molecule is c1csc(COC[C@H]2CCC[C@]23CN(Cc2ccoc2)CCO3)n1. The third-order valence-corrected chi connectivity index (χ3v) is 5.95. The van der Waals surface area contributed by atoms with E-state index in [0.717, 1.165) is 44.3 Å². The summed E-state index contributed by atoms with van der Waals surface area (Å²) in [5, 5.41) is 3.04. The molecule has 6 heteroatoms. The maximum atomic E-state index is 6.32. The van der Waals surface area contributed by atoms with Gasteiger partial charge in [-0.3, -0.25) is 4.90 Å². The van der Waals surface area contributed by atoms with E-state index in [2.05, 4.69) is 9.88 Å². The molecule has 4 rings (SSSR count). The van der Waals surface area contributed by atoms with E-state index in [9.17, 15) is 0 Å². The number of hydrogen-bond donors (Lipinski definition) is 0. The van der Waals surface area contributed by atoms with Gasteiger partial charge in [0.1, 0.15) is 5.01 Å². The molecule has 2 atom stereocenters. The van der Waals surface area contributed by atoms with Crippen molar-refractivity contribution >= 4 is 11.3 Å². The first-order chi connectivity index (χ1) is 11.8. The van der Waals surface area contributed by atoms with Gasteiger partial charge in [-0.25, -0.2) is 4.98 Å². The lowest BCUT2D eigenvalue weighted by Crippen LogP contribution is -2.54. The van der Waals surface area contributed by atoms with Crippen molar-refractivity contribution in [2.75, 3.05) is 26.3 Å². The van der Waals surface area contributed by atoms with Gasteiger partial charge in [0.2, 0.25) is 0 Å². The molecule has 0 aromatic carbocycles. The van der Waals surface area contributed by atoms with Crippen LogP contribution in [0.5, 0.6) is 0 Å². The summed E-state index contributed by atoms with van der Waals surface area (Å²) in [7, 11) is 0. The molecule has 24 heavy (non-hydrogen) atoms. The summed E-state index contributed by atoms with van der Waals surface area (Å²) in [6.07, 6.45) is 8.97. The van der Waals surface area contributed by atoms with E-state index in [1.807, 2.05) is 23.9 Å². The maximum Gasteiger partial charge on any atom is 0.118 e. The first-order valence-corrected chi connectivity index (χ1v) is 9.55. The van der Waals surface area contributed by atoms with Gasteiger partial charge in [-0.1, -0.05) is 6.42 Å². The van der Waals surface area contributed by atoms with Crippen LogP contribution in [0.15, 0.2) is 34.6 Å². The molecule has 0 unspecified atom stereocenters. The molecule has 0 amide bonds. The van der Waals surface area contributed by atoms with Crippen molar-refractivity contribution in [1.82, 2.24) is 9.88 Å². The highest BCUT2D eigenvalue weighted by Crippen LogP contribution is 2.41. The number of rotatable bonds is 6. The Labute approximate surface area is 146 Å². The highest BCUT2D eigenvalue weighted by Gasteiger charge is 2.46. The van der Waals surface area contributed by atoms with Crippen LogP contribution in [0.3, 0.4) is 0 Å². The van der Waals surface area contributed by atoms with Gasteiger partial charge >= 0.3 is 0 Å². The van der Waals surface area contributed by atoms with E-state index >= 15 is 0 Å². The van der Waals surface area contributed by atoms with Crippen LogP contribution < -0.4 is 0 Å². The highest BCUT2D eigenvalue weighted by molar-refractivity contribution is 7.09. The Hall–Kier alpha value is -1.21. The van der Waals surface area contributed by atoms with Crippen LogP contribution in [0.25, 0.3) is 0 Å². The van der Waals surface area contributed by atoms with Crippen molar-refractivity contribution in [2.45, 2.75) is 38.0 Å². The molecule has 1 saturated heterocycles. The largest absolute Gasteiger partial charge is 0.472 e. The smallest absolute Gasteiger partial charge is 0.118 e. The predicted molar refractivity (Wildman–Crippen MR) is 91.8 cm³/mol. The Bertz CT molecular complexity index is 616. The van der Waals surface area contributed by atoms with E-state index in [1.54, 1.807) is 17.6 Å². The molecule has 2 aromatic heterocycles. The normalized spacial score (nSPS) is 27.9. The molecule has 1 spiro atoms. The molecule has 0 bridgehead atoms. The molecule has 0 radical (unpaired) electrons. The fourth-order valence-electron chi connectivity index (χ4n) is 4.02. The van der Waals surface area contributed by atoms with Gasteiger partial charge in [-0.2, -0.15) is 0 Å². The third-order valence-electron chi connectivity index (χ3n) is 5.20. The predicted octanol–water partition coefficient (Wildman–Crippen LogP) is 3.32. The molecule has 2 aliphatic rings. The molecule has 0 N–H and O–H groups in total. The quantitative estimate of drug-likeness (QED) is 0.801. The molecule has 1 aliphatic carbocycles. The van der Waals surface area contributed by atoms with E-state index in [0.29, 0.717) is 12.5 Å². The number of hydrogen-bond acceptors (Lipinski definition) is 6. The van der Waals surface area contributed by atoms with E-state index in [-0.39, 0.29) is 5.60 Å². The summed E-state index contributed by atoms with van der Waals surface area (Å²) < 4.78 is 17.5. The monoisotopic (exact) mass is 348 g/mol. The number of furan rings is 1. The highest BCUT2D eigenvalue weighted by atomic mass is 32.1. The standard InChI is InChI=1S/C18H24N2O3S/c1-2-16(12-22-13-17-19-5-9-24-17)18(4-1)14-20(6-8-23-18)10-15-3-7-21-11-15/h3,5,7,9,11,16H,1-2,4,6,8,10,12-14H2/t16-,18+/m1/s1. The molecular weight excluding hydrogens is 324 g/mol. The number of ether oxygens (including phenoxy) is 2. The van der Waals surface area contributed by atoms with Crippen LogP contribution in [-0.2, 0) is 22.6 Å². The zero-order valence-electron chi connectivity index (χ0n) is 13.9. The van der Waals surface area contributed by atoms with Crippen LogP contribution in [0, 0.1) is 5.92 Å². The van der Waals surface area contributed by atoms with Crippen molar-refractivity contribution in [1.29, 1.82) is 0 Å². The summed E-state index contributed by atoms with van der Waals surface area (Å²) in [5.74, 6) is 0.476. The van der Waals surface area contributed by atoms with Crippen molar-refractivity contribution in [2.24, 2.45) is 5.92 Å². The summed E-state index contributed by atoms with van der Waals surface area (Å²) in [5.41, 5.74) is 1.20. The Kier molecular flexibility index (Phi) is 4.98. The Morgan fingerprint density at radius 1 is 1.46 bits per heavy atom. The lowest BCUT2D eigenvalue weighted by molar-refractivity contribution is -0.144. The number of nitrogens with zero attached hydrogens (tertiary/aromatic N) is 2. The Morgan fingerprint density at radius 3 is 3.29 bits per heavy atom. The number of morpholine rings is 1. The zero-order chi connectivity index (χ0) is 16.2. The summed E-state index contributed by atoms with van der Waals surface area (Å²) in [4.78, 5) is 6.78. The summed E-state index contributed by atoms with van der Waals surface area (Å²) in [6.45, 7) is 5.10. The van der Waals surface area contributed by atoms with Gasteiger partial charge in [0.05, 0.1) is 37.9 Å². The van der Waals surface area contributed by atoms with Gasteiger partial charge < -0.3 is 13.9 Å². The Morgan fingerprint density at radius 2 is 2.46 bits per heavy atom. The van der Waals surface area contributed by atoms with Crippen LogP contribution >= 0.6 is 11.3 Å².